The van der Waals surface area contributed by atoms with Crippen molar-refractivity contribution in [2.45, 2.75) is 6.42 Å². The summed E-state index contributed by atoms with van der Waals surface area (Å²) in [6, 6.07) is 12.1. The van der Waals surface area contributed by atoms with Crippen LogP contribution in [0.5, 0.6) is 5.75 Å². The van der Waals surface area contributed by atoms with Crippen LogP contribution in [0.1, 0.15) is 6.42 Å². The van der Waals surface area contributed by atoms with Gasteiger partial charge in [0.05, 0.1) is 29.9 Å². The first kappa shape index (κ1) is 16.1. The highest BCUT2D eigenvalue weighted by Gasteiger charge is 2.14. The molecule has 140 valence electrons. The number of rotatable bonds is 3. The molecule has 0 bridgehead atoms. The standard InChI is InChI=1S/C23H17N5O/c1-29-14-7-9-21-17(11-14)18-12-24-28-22(18)23(27-21)25-13-6-8-20-16(10-13)15-4-2-3-5-19(15)26-20/h2,4-12H,3H2,1H3,(H,24,28)(H,25,27). The largest absolute Gasteiger partial charge is 0.497 e. The lowest BCUT2D eigenvalue weighted by atomic mass is 10.0. The van der Waals surface area contributed by atoms with Gasteiger partial charge in [-0.25, -0.2) is 9.98 Å². The summed E-state index contributed by atoms with van der Waals surface area (Å²) in [6.07, 6.45) is 9.24. The van der Waals surface area contributed by atoms with Crippen LogP contribution >= 0.6 is 0 Å². The Labute approximate surface area is 166 Å². The second-order valence-electron chi connectivity index (χ2n) is 7.11. The average Bonchev–Trinajstić information content (AvgIpc) is 3.39. The van der Waals surface area contributed by atoms with Gasteiger partial charge in [-0.1, -0.05) is 18.2 Å². The highest BCUT2D eigenvalue weighted by molar-refractivity contribution is 6.09. The molecule has 0 unspecified atom stereocenters. The molecule has 0 amide bonds. The number of nitrogens with one attached hydrogen (secondary N) is 2. The molecule has 2 aromatic heterocycles. The minimum atomic E-state index is 0.741. The van der Waals surface area contributed by atoms with E-state index in [4.69, 9.17) is 14.7 Å². The van der Waals surface area contributed by atoms with Crippen LogP contribution in [0.25, 0.3) is 27.4 Å². The molecule has 6 nitrogen and oxygen atoms in total. The van der Waals surface area contributed by atoms with Crippen molar-refractivity contribution in [1.29, 1.82) is 0 Å². The average molecular weight is 379 g/mol. The molecule has 4 aromatic rings. The molecule has 0 saturated heterocycles. The fourth-order valence-electron chi connectivity index (χ4n) is 3.98. The molecule has 1 aliphatic heterocycles. The van der Waals surface area contributed by atoms with Crippen molar-refractivity contribution in [3.8, 4) is 5.75 Å². The lowest BCUT2D eigenvalue weighted by Gasteiger charge is -2.10. The van der Waals surface area contributed by atoms with E-state index in [1.807, 2.05) is 36.5 Å². The predicted molar refractivity (Wildman–Crippen MR) is 114 cm³/mol. The van der Waals surface area contributed by atoms with E-state index in [2.05, 4.69) is 39.8 Å². The zero-order valence-electron chi connectivity index (χ0n) is 15.7. The smallest absolute Gasteiger partial charge is 0.157 e. The summed E-state index contributed by atoms with van der Waals surface area (Å²) in [4.78, 5) is 9.55. The van der Waals surface area contributed by atoms with E-state index >= 15 is 0 Å². The van der Waals surface area contributed by atoms with E-state index in [-0.39, 0.29) is 0 Å². The fraction of sp³-hybridized carbons (Fsp3) is 0.0870. The first-order valence-corrected chi connectivity index (χ1v) is 9.48. The first-order valence-electron chi connectivity index (χ1n) is 9.48. The zero-order valence-corrected chi connectivity index (χ0v) is 15.7. The summed E-state index contributed by atoms with van der Waals surface area (Å²) in [5, 5.41) is 14.9. The van der Waals surface area contributed by atoms with Crippen molar-refractivity contribution < 1.29 is 4.74 Å². The molecule has 0 fully saturated rings. The predicted octanol–water partition coefficient (Wildman–Crippen LogP) is 3.49. The number of aromatic nitrogens is 3. The molecule has 1 aliphatic carbocycles. The van der Waals surface area contributed by atoms with Gasteiger partial charge < -0.3 is 10.1 Å². The Morgan fingerprint density at radius 1 is 1.10 bits per heavy atom. The van der Waals surface area contributed by atoms with Crippen molar-refractivity contribution in [3.63, 3.8) is 0 Å². The molecule has 0 saturated carbocycles. The van der Waals surface area contributed by atoms with E-state index in [1.54, 1.807) is 7.11 Å². The minimum absolute atomic E-state index is 0.741. The van der Waals surface area contributed by atoms with Crippen LogP contribution in [0.15, 0.2) is 71.5 Å². The number of allylic oxidation sites excluding steroid dienone is 3. The van der Waals surface area contributed by atoms with Gasteiger partial charge in [-0.15, -0.1) is 0 Å². The van der Waals surface area contributed by atoms with Gasteiger partial charge in [-0.3, -0.25) is 5.10 Å². The second-order valence-corrected chi connectivity index (χ2v) is 7.11. The number of H-pyrrole nitrogens is 1. The van der Waals surface area contributed by atoms with Gasteiger partial charge in [-0.05, 0) is 42.8 Å². The Bertz CT molecular complexity index is 1490. The SMILES string of the molecule is COc1ccc2nc(Nc3ccc4c(c3)=C3C=CCC=C3N=4)c3[nH]ncc3c2c1. The van der Waals surface area contributed by atoms with Crippen LogP contribution in [0.4, 0.5) is 11.5 Å². The number of hydrogen-bond donors (Lipinski definition) is 2. The van der Waals surface area contributed by atoms with E-state index < -0.39 is 0 Å². The molecule has 0 radical (unpaired) electrons. The summed E-state index contributed by atoms with van der Waals surface area (Å²) in [6.45, 7) is 0. The Hall–Kier alpha value is -3.93. The maximum Gasteiger partial charge on any atom is 0.157 e. The van der Waals surface area contributed by atoms with Crippen LogP contribution in [0.2, 0.25) is 0 Å². The van der Waals surface area contributed by atoms with Crippen molar-refractivity contribution in [1.82, 2.24) is 15.2 Å². The molecule has 6 heteroatoms. The monoisotopic (exact) mass is 379 g/mol. The summed E-state index contributed by atoms with van der Waals surface area (Å²) in [7, 11) is 1.66. The molecule has 2 aliphatic rings. The maximum atomic E-state index is 5.36. The second kappa shape index (κ2) is 6.04. The Kier molecular flexibility index (Phi) is 3.34. The molecular weight excluding hydrogens is 362 g/mol. The fourth-order valence-corrected chi connectivity index (χ4v) is 3.98. The van der Waals surface area contributed by atoms with Crippen LogP contribution in [-0.2, 0) is 0 Å². The van der Waals surface area contributed by atoms with Crippen LogP contribution < -0.4 is 20.6 Å². The van der Waals surface area contributed by atoms with E-state index in [1.165, 1.54) is 5.57 Å². The van der Waals surface area contributed by atoms with Gasteiger partial charge in [-0.2, -0.15) is 5.10 Å². The van der Waals surface area contributed by atoms with Crippen molar-refractivity contribution in [2.75, 3.05) is 12.4 Å². The molecule has 29 heavy (non-hydrogen) atoms. The number of aromatic amines is 1. The molecule has 2 aromatic carbocycles. The number of methoxy groups -OCH3 is 1. The third kappa shape index (κ3) is 2.46. The van der Waals surface area contributed by atoms with Crippen LogP contribution in [-0.4, -0.2) is 22.3 Å². The highest BCUT2D eigenvalue weighted by atomic mass is 16.5. The van der Waals surface area contributed by atoms with Gasteiger partial charge in [0.15, 0.2) is 5.82 Å². The van der Waals surface area contributed by atoms with Crippen molar-refractivity contribution in [3.05, 3.63) is 77.1 Å². The molecular formula is C23H17N5O. The Balaban J connectivity index is 1.50. The molecule has 0 spiro atoms. The number of ether oxygens (including phenoxy) is 1. The number of hydrogen-bond acceptors (Lipinski definition) is 5. The third-order valence-corrected chi connectivity index (χ3v) is 5.40. The van der Waals surface area contributed by atoms with Gasteiger partial charge in [0.1, 0.15) is 11.3 Å². The number of anilines is 2. The number of nitrogens with zero attached hydrogens (tertiary/aromatic N) is 3. The maximum absolute atomic E-state index is 5.36. The third-order valence-electron chi connectivity index (χ3n) is 5.40. The van der Waals surface area contributed by atoms with Gasteiger partial charge >= 0.3 is 0 Å². The van der Waals surface area contributed by atoms with E-state index in [9.17, 15) is 0 Å². The van der Waals surface area contributed by atoms with Crippen molar-refractivity contribution in [2.24, 2.45) is 4.99 Å². The molecule has 2 N–H and O–H groups in total. The normalized spacial score (nSPS) is 14.5. The molecule has 0 atom stereocenters. The lowest BCUT2D eigenvalue weighted by Crippen LogP contribution is -2.22. The Morgan fingerprint density at radius 2 is 2.07 bits per heavy atom. The Morgan fingerprint density at radius 3 is 3.00 bits per heavy atom. The molecule has 6 rings (SSSR count). The van der Waals surface area contributed by atoms with E-state index in [0.29, 0.717) is 0 Å². The van der Waals surface area contributed by atoms with Gasteiger partial charge in [0.2, 0.25) is 0 Å². The van der Waals surface area contributed by atoms with Crippen molar-refractivity contribution >= 4 is 38.9 Å². The highest BCUT2D eigenvalue weighted by Crippen LogP contribution is 2.31. The number of pyridine rings is 1. The number of benzene rings is 2. The topological polar surface area (TPSA) is 75.2 Å². The summed E-state index contributed by atoms with van der Waals surface area (Å²) < 4.78 is 5.36. The summed E-state index contributed by atoms with van der Waals surface area (Å²) in [5.74, 6) is 1.54. The number of fused-ring (bicyclic) bond motifs is 5. The zero-order chi connectivity index (χ0) is 19.4. The summed E-state index contributed by atoms with van der Waals surface area (Å²) >= 11 is 0. The molecule has 3 heterocycles. The van der Waals surface area contributed by atoms with E-state index in [0.717, 1.165) is 61.8 Å². The van der Waals surface area contributed by atoms with Crippen LogP contribution in [0, 0.1) is 0 Å². The van der Waals surface area contributed by atoms with Gasteiger partial charge in [0.25, 0.3) is 0 Å². The lowest BCUT2D eigenvalue weighted by molar-refractivity contribution is 0.415. The van der Waals surface area contributed by atoms with Gasteiger partial charge in [0, 0.05) is 27.3 Å². The minimum Gasteiger partial charge on any atom is -0.497 e. The van der Waals surface area contributed by atoms with Crippen LogP contribution in [0.3, 0.4) is 0 Å². The quantitative estimate of drug-likeness (QED) is 0.571. The first-order chi connectivity index (χ1) is 14.3. The summed E-state index contributed by atoms with van der Waals surface area (Å²) in [5.41, 5.74) is 4.95.